The van der Waals surface area contributed by atoms with Crippen molar-refractivity contribution in [2.45, 2.75) is 65.0 Å². The summed E-state index contributed by atoms with van der Waals surface area (Å²) < 4.78 is 5.19. The molecule has 9 heteroatoms. The van der Waals surface area contributed by atoms with Gasteiger partial charge >= 0.3 is 0 Å². The van der Waals surface area contributed by atoms with Gasteiger partial charge in [-0.1, -0.05) is 26.0 Å². The third-order valence-corrected chi connectivity index (χ3v) is 9.22. The third-order valence-electron chi connectivity index (χ3n) is 8.21. The number of rotatable bonds is 7. The minimum atomic E-state index is -0.680. The maximum absolute atomic E-state index is 13.2. The van der Waals surface area contributed by atoms with Crippen LogP contribution in [0.25, 0.3) is 0 Å². The van der Waals surface area contributed by atoms with E-state index in [-0.39, 0.29) is 42.1 Å². The summed E-state index contributed by atoms with van der Waals surface area (Å²) in [7, 11) is 1.62. The van der Waals surface area contributed by atoms with Crippen LogP contribution in [0.1, 0.15) is 62.1 Å². The smallest absolute Gasteiger partial charge is 0.223 e. The lowest BCUT2D eigenvalue weighted by molar-refractivity contribution is -0.144. The fraction of sp³-hybridized carbons (Fsp3) is 0.577. The number of carbonyl (C=O) groups excluding carboxylic acids is 2. The Labute approximate surface area is 210 Å². The molecule has 0 saturated heterocycles. The van der Waals surface area contributed by atoms with Gasteiger partial charge in [0.15, 0.2) is 5.13 Å². The van der Waals surface area contributed by atoms with Gasteiger partial charge in [0, 0.05) is 36.1 Å². The minimum absolute atomic E-state index is 0.0266. The molecule has 35 heavy (non-hydrogen) atoms. The number of thiazole rings is 1. The normalized spacial score (nSPS) is 29.6. The van der Waals surface area contributed by atoms with Crippen LogP contribution in [-0.4, -0.2) is 46.8 Å². The zero-order chi connectivity index (χ0) is 25.4. The SMILES string of the molecule is COc1ccc(CNC(=O)CC2c3nc(NC(C)=O)sc3CC3C(C)(CO)C(O)CCC23C)cc1. The number of amides is 2. The first-order valence-electron chi connectivity index (χ1n) is 12.1. The average Bonchev–Trinajstić information content (AvgIpc) is 3.23. The number of nitrogens with one attached hydrogen (secondary N) is 2. The van der Waals surface area contributed by atoms with E-state index in [1.807, 2.05) is 31.2 Å². The molecule has 4 rings (SSSR count). The van der Waals surface area contributed by atoms with E-state index in [1.165, 1.54) is 18.3 Å². The quantitative estimate of drug-likeness (QED) is 0.462. The van der Waals surface area contributed by atoms with Gasteiger partial charge in [0.1, 0.15) is 5.75 Å². The van der Waals surface area contributed by atoms with E-state index in [4.69, 9.17) is 9.72 Å². The molecule has 2 aromatic rings. The first-order valence-corrected chi connectivity index (χ1v) is 12.9. The summed E-state index contributed by atoms with van der Waals surface area (Å²) in [5.41, 5.74) is 0.820. The molecule has 2 aliphatic carbocycles. The molecule has 5 unspecified atom stereocenters. The van der Waals surface area contributed by atoms with Gasteiger partial charge in [-0.05, 0) is 48.3 Å². The number of hydrogen-bond acceptors (Lipinski definition) is 7. The molecule has 0 bridgehead atoms. The van der Waals surface area contributed by atoms with Gasteiger partial charge in [-0.15, -0.1) is 11.3 Å². The zero-order valence-corrected chi connectivity index (χ0v) is 21.6. The largest absolute Gasteiger partial charge is 0.497 e. The molecule has 5 atom stereocenters. The molecule has 2 aliphatic rings. The van der Waals surface area contributed by atoms with E-state index in [9.17, 15) is 19.8 Å². The van der Waals surface area contributed by atoms with E-state index < -0.39 is 11.5 Å². The summed E-state index contributed by atoms with van der Waals surface area (Å²) in [4.78, 5) is 30.6. The molecule has 4 N–H and O–H groups in total. The summed E-state index contributed by atoms with van der Waals surface area (Å²) >= 11 is 1.43. The first-order chi connectivity index (χ1) is 16.6. The molecule has 1 heterocycles. The molecule has 8 nitrogen and oxygen atoms in total. The molecule has 1 fully saturated rings. The lowest BCUT2D eigenvalue weighted by Gasteiger charge is -2.58. The monoisotopic (exact) mass is 501 g/mol. The number of aliphatic hydroxyl groups is 2. The molecule has 2 amide bonds. The van der Waals surface area contributed by atoms with Crippen molar-refractivity contribution in [2.75, 3.05) is 19.0 Å². The number of aliphatic hydroxyl groups excluding tert-OH is 2. The summed E-state index contributed by atoms with van der Waals surface area (Å²) in [6, 6.07) is 7.57. The molecular formula is C26H35N3O5S. The number of fused-ring (bicyclic) bond motifs is 2. The van der Waals surface area contributed by atoms with Crippen molar-refractivity contribution in [3.8, 4) is 5.75 Å². The van der Waals surface area contributed by atoms with Gasteiger partial charge in [-0.25, -0.2) is 4.98 Å². The Kier molecular flexibility index (Phi) is 7.22. The number of carbonyl (C=O) groups is 2. The van der Waals surface area contributed by atoms with Crippen LogP contribution in [0.15, 0.2) is 24.3 Å². The molecule has 0 spiro atoms. The Morgan fingerprint density at radius 3 is 2.60 bits per heavy atom. The second kappa shape index (κ2) is 9.87. The number of methoxy groups -OCH3 is 1. The highest BCUT2D eigenvalue weighted by Crippen LogP contribution is 2.62. The van der Waals surface area contributed by atoms with E-state index in [1.54, 1.807) is 7.11 Å². The second-order valence-corrected chi connectivity index (χ2v) is 11.5. The average molecular weight is 502 g/mol. The third kappa shape index (κ3) is 4.81. The molecule has 1 saturated carbocycles. The summed E-state index contributed by atoms with van der Waals surface area (Å²) in [6.07, 6.45) is 1.58. The molecule has 1 aromatic carbocycles. The highest BCUT2D eigenvalue weighted by molar-refractivity contribution is 7.15. The van der Waals surface area contributed by atoms with Crippen LogP contribution in [0.2, 0.25) is 0 Å². The van der Waals surface area contributed by atoms with E-state index >= 15 is 0 Å². The number of anilines is 1. The number of aromatic nitrogens is 1. The Bertz CT molecular complexity index is 1090. The van der Waals surface area contributed by atoms with Gasteiger partial charge in [-0.3, -0.25) is 9.59 Å². The van der Waals surface area contributed by atoms with Gasteiger partial charge in [-0.2, -0.15) is 0 Å². The number of hydrogen-bond donors (Lipinski definition) is 4. The van der Waals surface area contributed by atoms with Crippen molar-refractivity contribution in [1.29, 1.82) is 0 Å². The van der Waals surface area contributed by atoms with Crippen LogP contribution in [0.5, 0.6) is 5.75 Å². The molecule has 0 aliphatic heterocycles. The van der Waals surface area contributed by atoms with Gasteiger partial charge in [0.25, 0.3) is 0 Å². The summed E-state index contributed by atoms with van der Waals surface area (Å²) in [5, 5.41) is 27.5. The highest BCUT2D eigenvalue weighted by atomic mass is 32.1. The predicted octanol–water partition coefficient (Wildman–Crippen LogP) is 3.23. The van der Waals surface area contributed by atoms with Crippen molar-refractivity contribution in [3.05, 3.63) is 40.4 Å². The fourth-order valence-corrected chi connectivity index (χ4v) is 7.17. The topological polar surface area (TPSA) is 121 Å². The Morgan fingerprint density at radius 1 is 1.26 bits per heavy atom. The first kappa shape index (κ1) is 25.6. The summed E-state index contributed by atoms with van der Waals surface area (Å²) in [5.74, 6) is 0.276. The molecule has 1 aromatic heterocycles. The zero-order valence-electron chi connectivity index (χ0n) is 20.8. The van der Waals surface area contributed by atoms with Crippen molar-refractivity contribution < 1.29 is 24.5 Å². The Balaban J connectivity index is 1.61. The van der Waals surface area contributed by atoms with Gasteiger partial charge in [0.05, 0.1) is 25.5 Å². The van der Waals surface area contributed by atoms with Crippen molar-refractivity contribution in [2.24, 2.45) is 16.7 Å². The molecule has 190 valence electrons. The minimum Gasteiger partial charge on any atom is -0.497 e. The van der Waals surface area contributed by atoms with E-state index in [2.05, 4.69) is 17.6 Å². The summed E-state index contributed by atoms with van der Waals surface area (Å²) in [6.45, 7) is 5.84. The van der Waals surface area contributed by atoms with Crippen molar-refractivity contribution >= 4 is 28.3 Å². The number of nitrogens with zero attached hydrogens (tertiary/aromatic N) is 1. The van der Waals surface area contributed by atoms with Crippen LogP contribution in [0.4, 0.5) is 5.13 Å². The lowest BCUT2D eigenvalue weighted by Crippen LogP contribution is -2.57. The van der Waals surface area contributed by atoms with Crippen LogP contribution >= 0.6 is 11.3 Å². The predicted molar refractivity (Wildman–Crippen MR) is 134 cm³/mol. The second-order valence-electron chi connectivity index (χ2n) is 10.4. The maximum atomic E-state index is 13.2. The van der Waals surface area contributed by atoms with Crippen molar-refractivity contribution in [3.63, 3.8) is 0 Å². The Morgan fingerprint density at radius 2 is 1.97 bits per heavy atom. The number of benzene rings is 1. The van der Waals surface area contributed by atoms with E-state index in [0.717, 1.165) is 28.3 Å². The molecular weight excluding hydrogens is 466 g/mol. The van der Waals surface area contributed by atoms with Gasteiger partial charge < -0.3 is 25.6 Å². The van der Waals surface area contributed by atoms with Gasteiger partial charge in [0.2, 0.25) is 11.8 Å². The van der Waals surface area contributed by atoms with Crippen LogP contribution in [0.3, 0.4) is 0 Å². The van der Waals surface area contributed by atoms with E-state index in [0.29, 0.717) is 24.5 Å². The highest BCUT2D eigenvalue weighted by Gasteiger charge is 2.59. The van der Waals surface area contributed by atoms with Crippen LogP contribution in [0, 0.1) is 16.7 Å². The number of ether oxygens (including phenoxy) is 1. The van der Waals surface area contributed by atoms with Crippen molar-refractivity contribution in [1.82, 2.24) is 10.3 Å². The molecule has 0 radical (unpaired) electrons. The van der Waals surface area contributed by atoms with Crippen LogP contribution in [-0.2, 0) is 22.6 Å². The maximum Gasteiger partial charge on any atom is 0.223 e. The standard InChI is InChI=1S/C26H35N3O5S/c1-15(31)28-24-29-23-18(11-22(33)27-13-16-5-7-17(34-4)8-6-16)25(2)10-9-21(32)26(3,14-30)20(25)12-19(23)35-24/h5-8,18,20-21,30,32H,9-14H2,1-4H3,(H,27,33)(H,28,29,31). The van der Waals surface area contributed by atoms with Crippen LogP contribution < -0.4 is 15.4 Å². The lowest BCUT2D eigenvalue weighted by atomic mass is 9.47. The Hall–Kier alpha value is -2.49. The fourth-order valence-electron chi connectivity index (χ4n) is 6.05.